The van der Waals surface area contributed by atoms with Crippen molar-refractivity contribution in [1.29, 1.82) is 0 Å². The van der Waals surface area contributed by atoms with Gasteiger partial charge in [-0.3, -0.25) is 4.79 Å². The Morgan fingerprint density at radius 2 is 1.95 bits per heavy atom. The van der Waals surface area contributed by atoms with Crippen LogP contribution >= 0.6 is 15.9 Å². The fourth-order valence-corrected chi connectivity index (χ4v) is 3.21. The van der Waals surface area contributed by atoms with Crippen LogP contribution in [0.4, 0.5) is 0 Å². The molecule has 19 heavy (non-hydrogen) atoms. The van der Waals surface area contributed by atoms with Crippen LogP contribution in [0.3, 0.4) is 0 Å². The molecule has 1 aromatic heterocycles. The average Bonchev–Trinajstić information content (AvgIpc) is 3.10. The number of hydrogen-bond acceptors (Lipinski definition) is 2. The van der Waals surface area contributed by atoms with E-state index in [0.29, 0.717) is 19.1 Å². The van der Waals surface area contributed by atoms with Crippen LogP contribution in [0.1, 0.15) is 43.2 Å². The van der Waals surface area contributed by atoms with Crippen LogP contribution in [0.25, 0.3) is 0 Å². The van der Waals surface area contributed by atoms with Crippen molar-refractivity contribution in [1.82, 2.24) is 9.47 Å². The maximum atomic E-state index is 12.7. The van der Waals surface area contributed by atoms with Gasteiger partial charge in [0.2, 0.25) is 0 Å². The summed E-state index contributed by atoms with van der Waals surface area (Å²) in [5.74, 6) is 0.125. The summed E-state index contributed by atoms with van der Waals surface area (Å²) in [5, 5.41) is 0. The molecule has 0 radical (unpaired) electrons. The van der Waals surface area contributed by atoms with Crippen molar-refractivity contribution in [2.24, 2.45) is 0 Å². The molecular formula is C14H19BrN2O2. The highest BCUT2D eigenvalue weighted by Gasteiger charge is 2.32. The summed E-state index contributed by atoms with van der Waals surface area (Å²) in [4.78, 5) is 14.6. The largest absolute Gasteiger partial charge is 0.372 e. The van der Waals surface area contributed by atoms with Gasteiger partial charge in [0, 0.05) is 29.8 Å². The quantitative estimate of drug-likeness (QED) is 0.837. The molecule has 0 bridgehead atoms. The summed E-state index contributed by atoms with van der Waals surface area (Å²) < 4.78 is 8.79. The van der Waals surface area contributed by atoms with Crippen molar-refractivity contribution in [2.75, 3.05) is 13.1 Å². The molecule has 1 aliphatic heterocycles. The van der Waals surface area contributed by atoms with Gasteiger partial charge in [-0.05, 0) is 48.7 Å². The first-order chi connectivity index (χ1) is 9.04. The van der Waals surface area contributed by atoms with Gasteiger partial charge in [-0.15, -0.1) is 0 Å². The third-order valence-corrected chi connectivity index (χ3v) is 4.12. The Hall–Kier alpha value is -0.810. The standard InChI is InChI=1S/C14H19BrN2O2/c1-9-6-16(7-10(2)19-9)14(18)13-5-11(15)8-17(13)12-3-4-12/h5,8-10,12H,3-4,6-7H2,1-2H3/t9-,10+. The Morgan fingerprint density at radius 1 is 1.32 bits per heavy atom. The maximum Gasteiger partial charge on any atom is 0.270 e. The molecule has 1 aromatic rings. The lowest BCUT2D eigenvalue weighted by molar-refractivity contribution is -0.0588. The number of aromatic nitrogens is 1. The van der Waals surface area contributed by atoms with Crippen molar-refractivity contribution >= 4 is 21.8 Å². The number of morpholine rings is 1. The van der Waals surface area contributed by atoms with E-state index in [0.717, 1.165) is 10.2 Å². The van der Waals surface area contributed by atoms with Crippen LogP contribution in [0.2, 0.25) is 0 Å². The van der Waals surface area contributed by atoms with Crippen molar-refractivity contribution in [3.05, 3.63) is 22.4 Å². The van der Waals surface area contributed by atoms with Gasteiger partial charge in [0.05, 0.1) is 12.2 Å². The average molecular weight is 327 g/mol. The number of carbonyl (C=O) groups is 1. The monoisotopic (exact) mass is 326 g/mol. The second kappa shape index (κ2) is 4.94. The molecule has 1 amide bonds. The smallest absolute Gasteiger partial charge is 0.270 e. The number of amides is 1. The lowest BCUT2D eigenvalue weighted by atomic mass is 10.2. The van der Waals surface area contributed by atoms with Crippen molar-refractivity contribution in [3.63, 3.8) is 0 Å². The molecule has 4 nitrogen and oxygen atoms in total. The molecular weight excluding hydrogens is 308 g/mol. The number of carbonyl (C=O) groups excluding carboxylic acids is 1. The molecule has 2 fully saturated rings. The van der Waals surface area contributed by atoms with Gasteiger partial charge in [-0.25, -0.2) is 0 Å². The van der Waals surface area contributed by atoms with E-state index in [-0.39, 0.29) is 18.1 Å². The molecule has 2 atom stereocenters. The minimum Gasteiger partial charge on any atom is -0.372 e. The normalized spacial score (nSPS) is 27.6. The van der Waals surface area contributed by atoms with Crippen LogP contribution in [0, 0.1) is 0 Å². The van der Waals surface area contributed by atoms with E-state index in [1.807, 2.05) is 31.0 Å². The highest BCUT2D eigenvalue weighted by Crippen LogP contribution is 2.37. The van der Waals surface area contributed by atoms with E-state index in [4.69, 9.17) is 4.74 Å². The Bertz CT molecular complexity index is 486. The fraction of sp³-hybridized carbons (Fsp3) is 0.643. The van der Waals surface area contributed by atoms with Gasteiger partial charge < -0.3 is 14.2 Å². The summed E-state index contributed by atoms with van der Waals surface area (Å²) >= 11 is 3.48. The molecule has 1 aliphatic carbocycles. The SMILES string of the molecule is C[C@@H]1CN(C(=O)c2cc(Br)cn2C2CC2)C[C@H](C)O1. The minimum absolute atomic E-state index is 0.112. The van der Waals surface area contributed by atoms with Gasteiger partial charge >= 0.3 is 0 Å². The lowest BCUT2D eigenvalue weighted by Crippen LogP contribution is -2.48. The summed E-state index contributed by atoms with van der Waals surface area (Å²) in [6.07, 6.45) is 4.60. The van der Waals surface area contributed by atoms with E-state index >= 15 is 0 Å². The van der Waals surface area contributed by atoms with Crippen LogP contribution < -0.4 is 0 Å². The molecule has 1 saturated carbocycles. The number of halogens is 1. The first-order valence-electron chi connectivity index (χ1n) is 6.86. The maximum absolute atomic E-state index is 12.7. The van der Waals surface area contributed by atoms with E-state index < -0.39 is 0 Å². The molecule has 2 heterocycles. The molecule has 0 spiro atoms. The Labute approximate surface area is 121 Å². The Balaban J connectivity index is 1.83. The summed E-state index contributed by atoms with van der Waals surface area (Å²) in [7, 11) is 0. The summed E-state index contributed by atoms with van der Waals surface area (Å²) in [5.41, 5.74) is 0.802. The topological polar surface area (TPSA) is 34.5 Å². The molecule has 2 aliphatic rings. The zero-order chi connectivity index (χ0) is 13.6. The van der Waals surface area contributed by atoms with Crippen molar-refractivity contribution in [3.8, 4) is 0 Å². The highest BCUT2D eigenvalue weighted by molar-refractivity contribution is 9.10. The number of hydrogen-bond donors (Lipinski definition) is 0. The first kappa shape index (κ1) is 13.2. The van der Waals surface area contributed by atoms with Gasteiger partial charge in [-0.2, -0.15) is 0 Å². The molecule has 104 valence electrons. The number of nitrogens with zero attached hydrogens (tertiary/aromatic N) is 2. The van der Waals surface area contributed by atoms with Gasteiger partial charge in [-0.1, -0.05) is 0 Å². The van der Waals surface area contributed by atoms with E-state index in [2.05, 4.69) is 20.5 Å². The third kappa shape index (κ3) is 2.72. The minimum atomic E-state index is 0.112. The predicted octanol–water partition coefficient (Wildman–Crippen LogP) is 2.83. The van der Waals surface area contributed by atoms with Gasteiger partial charge in [0.1, 0.15) is 5.69 Å². The van der Waals surface area contributed by atoms with Crippen LogP contribution in [0.15, 0.2) is 16.7 Å². The Kier molecular flexibility index (Phi) is 3.43. The van der Waals surface area contributed by atoms with Crippen LogP contribution in [0.5, 0.6) is 0 Å². The predicted molar refractivity (Wildman–Crippen MR) is 76.3 cm³/mol. The van der Waals surface area contributed by atoms with Crippen molar-refractivity contribution in [2.45, 2.75) is 44.9 Å². The van der Waals surface area contributed by atoms with Gasteiger partial charge in [0.25, 0.3) is 5.91 Å². The van der Waals surface area contributed by atoms with Gasteiger partial charge in [0.15, 0.2) is 0 Å². The van der Waals surface area contributed by atoms with Crippen molar-refractivity contribution < 1.29 is 9.53 Å². The zero-order valence-corrected chi connectivity index (χ0v) is 12.9. The van der Waals surface area contributed by atoms with Crippen LogP contribution in [-0.2, 0) is 4.74 Å². The second-order valence-electron chi connectivity index (χ2n) is 5.65. The van der Waals surface area contributed by atoms with E-state index in [9.17, 15) is 4.79 Å². The summed E-state index contributed by atoms with van der Waals surface area (Å²) in [6, 6.07) is 2.45. The summed E-state index contributed by atoms with van der Waals surface area (Å²) in [6.45, 7) is 5.39. The fourth-order valence-electron chi connectivity index (χ4n) is 2.78. The second-order valence-corrected chi connectivity index (χ2v) is 6.57. The van der Waals surface area contributed by atoms with Crippen LogP contribution in [-0.4, -0.2) is 40.7 Å². The molecule has 0 aromatic carbocycles. The van der Waals surface area contributed by atoms with E-state index in [1.54, 1.807) is 0 Å². The number of rotatable bonds is 2. The lowest BCUT2D eigenvalue weighted by Gasteiger charge is -2.35. The van der Waals surface area contributed by atoms with E-state index in [1.165, 1.54) is 12.8 Å². The highest BCUT2D eigenvalue weighted by atomic mass is 79.9. The first-order valence-corrected chi connectivity index (χ1v) is 7.66. The molecule has 1 saturated heterocycles. The number of ether oxygens (including phenoxy) is 1. The molecule has 0 N–H and O–H groups in total. The third-order valence-electron chi connectivity index (χ3n) is 3.68. The Morgan fingerprint density at radius 3 is 2.53 bits per heavy atom. The molecule has 5 heteroatoms. The molecule has 0 unspecified atom stereocenters. The zero-order valence-electron chi connectivity index (χ0n) is 11.3. The molecule has 3 rings (SSSR count).